The standard InChI is InChI=1S/C19H15ClN4O/c20-16-11-10-15-18(22-16)24(14-7-4-8-14)19(21-15)23-17(25)12-9-13-5-2-1-3-6-13/h1-8,10-11H,9,12H2,(H,21,23,25). The van der Waals surface area contributed by atoms with E-state index in [1.54, 1.807) is 12.1 Å². The van der Waals surface area contributed by atoms with Crippen molar-refractivity contribution in [3.63, 3.8) is 0 Å². The quantitative estimate of drug-likeness (QED) is 0.706. The summed E-state index contributed by atoms with van der Waals surface area (Å²) in [7, 11) is 0. The molecule has 3 aromatic rings. The Kier molecular flexibility index (Phi) is 4.07. The van der Waals surface area contributed by atoms with Crippen LogP contribution in [0.25, 0.3) is 16.9 Å². The van der Waals surface area contributed by atoms with Crippen LogP contribution in [0.4, 0.5) is 5.95 Å². The van der Waals surface area contributed by atoms with E-state index in [2.05, 4.69) is 15.3 Å². The number of aryl methyl sites for hydroxylation is 1. The Balaban J connectivity index is 1.57. The summed E-state index contributed by atoms with van der Waals surface area (Å²) < 4.78 is 1.81. The smallest absolute Gasteiger partial charge is 0.227 e. The van der Waals surface area contributed by atoms with Gasteiger partial charge < -0.3 is 0 Å². The first-order valence-corrected chi connectivity index (χ1v) is 8.36. The van der Waals surface area contributed by atoms with Crippen LogP contribution in [0.1, 0.15) is 12.0 Å². The van der Waals surface area contributed by atoms with Crippen LogP contribution >= 0.6 is 11.6 Å². The summed E-state index contributed by atoms with van der Waals surface area (Å²) >= 11 is 6.01. The number of allylic oxidation sites excluding steroid dienone is 4. The van der Waals surface area contributed by atoms with Crippen molar-refractivity contribution < 1.29 is 4.79 Å². The molecule has 1 aliphatic carbocycles. The van der Waals surface area contributed by atoms with E-state index >= 15 is 0 Å². The fraction of sp³-hybridized carbons (Fsp3) is 0.105. The molecule has 1 amide bonds. The topological polar surface area (TPSA) is 59.8 Å². The predicted molar refractivity (Wildman–Crippen MR) is 99.3 cm³/mol. The molecule has 0 radical (unpaired) electrons. The summed E-state index contributed by atoms with van der Waals surface area (Å²) in [5, 5.41) is 3.28. The first-order chi connectivity index (χ1) is 12.2. The van der Waals surface area contributed by atoms with Gasteiger partial charge in [0.05, 0.1) is 5.70 Å². The van der Waals surface area contributed by atoms with E-state index in [9.17, 15) is 4.79 Å². The van der Waals surface area contributed by atoms with Gasteiger partial charge in [0.2, 0.25) is 11.9 Å². The number of benzene rings is 1. The number of amides is 1. The summed E-state index contributed by atoms with van der Waals surface area (Å²) in [6.45, 7) is 0. The highest BCUT2D eigenvalue weighted by molar-refractivity contribution is 6.29. The molecule has 0 unspecified atom stereocenters. The molecule has 0 saturated heterocycles. The number of carbonyl (C=O) groups is 1. The third-order valence-electron chi connectivity index (χ3n) is 4.00. The van der Waals surface area contributed by atoms with Gasteiger partial charge in [-0.3, -0.25) is 14.7 Å². The van der Waals surface area contributed by atoms with Crippen LogP contribution in [0.2, 0.25) is 5.15 Å². The van der Waals surface area contributed by atoms with Gasteiger partial charge in [-0.25, -0.2) is 9.97 Å². The van der Waals surface area contributed by atoms with Gasteiger partial charge in [0, 0.05) is 6.42 Å². The van der Waals surface area contributed by atoms with E-state index < -0.39 is 0 Å². The summed E-state index contributed by atoms with van der Waals surface area (Å²) in [5.41, 5.74) is 3.35. The molecule has 0 aliphatic heterocycles. The summed E-state index contributed by atoms with van der Waals surface area (Å²) in [5.74, 6) is 0.369. The van der Waals surface area contributed by atoms with Crippen molar-refractivity contribution in [2.24, 2.45) is 0 Å². The van der Waals surface area contributed by atoms with Gasteiger partial charge in [0.15, 0.2) is 5.65 Å². The molecule has 124 valence electrons. The van der Waals surface area contributed by atoms with Crippen molar-refractivity contribution in [3.05, 3.63) is 71.4 Å². The molecule has 1 aliphatic rings. The number of halogens is 1. The lowest BCUT2D eigenvalue weighted by Crippen LogP contribution is -2.16. The Morgan fingerprint density at radius 3 is 2.64 bits per heavy atom. The molecular formula is C19H15ClN4O. The minimum Gasteiger partial charge on any atom is -0.296 e. The molecule has 0 spiro atoms. The lowest BCUT2D eigenvalue weighted by molar-refractivity contribution is -0.116. The minimum atomic E-state index is -0.0876. The van der Waals surface area contributed by atoms with Gasteiger partial charge >= 0.3 is 0 Å². The summed E-state index contributed by atoms with van der Waals surface area (Å²) in [4.78, 5) is 21.2. The number of pyridine rings is 1. The zero-order valence-corrected chi connectivity index (χ0v) is 14.1. The molecule has 6 heteroatoms. The maximum absolute atomic E-state index is 12.4. The number of nitrogens with one attached hydrogen (secondary N) is 1. The second-order valence-electron chi connectivity index (χ2n) is 5.73. The SMILES string of the molecule is O=C(CCc1ccccc1)Nc1nc2ccc(Cl)nc2n1C1=CC=C1. The molecule has 0 bridgehead atoms. The van der Waals surface area contributed by atoms with Gasteiger partial charge in [-0.1, -0.05) is 48.0 Å². The molecular weight excluding hydrogens is 336 g/mol. The van der Waals surface area contributed by atoms with Gasteiger partial charge in [0.25, 0.3) is 0 Å². The second-order valence-corrected chi connectivity index (χ2v) is 6.12. The van der Waals surface area contributed by atoms with Crippen molar-refractivity contribution >= 4 is 40.3 Å². The van der Waals surface area contributed by atoms with Crippen LogP contribution in [0.3, 0.4) is 0 Å². The van der Waals surface area contributed by atoms with Crippen LogP contribution in [-0.4, -0.2) is 20.4 Å². The molecule has 2 heterocycles. The van der Waals surface area contributed by atoms with Gasteiger partial charge in [-0.15, -0.1) is 0 Å². The second kappa shape index (κ2) is 6.53. The minimum absolute atomic E-state index is 0.0876. The molecule has 1 N–H and O–H groups in total. The number of carbonyl (C=O) groups excluding carboxylic acids is 1. The Morgan fingerprint density at radius 2 is 1.92 bits per heavy atom. The summed E-state index contributed by atoms with van der Waals surface area (Å²) in [6.07, 6.45) is 6.86. The fourth-order valence-corrected chi connectivity index (χ4v) is 2.83. The number of fused-ring (bicyclic) bond motifs is 1. The predicted octanol–water partition coefficient (Wildman–Crippen LogP) is 4.07. The van der Waals surface area contributed by atoms with E-state index in [4.69, 9.17) is 11.6 Å². The number of hydrogen-bond donors (Lipinski definition) is 1. The first kappa shape index (κ1) is 15.6. The van der Waals surface area contributed by atoms with E-state index in [1.807, 2.05) is 53.1 Å². The van der Waals surface area contributed by atoms with Crippen molar-refractivity contribution in [2.45, 2.75) is 12.8 Å². The highest BCUT2D eigenvalue weighted by Gasteiger charge is 2.18. The maximum Gasteiger partial charge on any atom is 0.227 e. The number of aromatic nitrogens is 3. The fourth-order valence-electron chi connectivity index (χ4n) is 2.68. The third kappa shape index (κ3) is 3.19. The van der Waals surface area contributed by atoms with E-state index in [0.29, 0.717) is 35.1 Å². The molecule has 25 heavy (non-hydrogen) atoms. The van der Waals surface area contributed by atoms with Crippen LogP contribution < -0.4 is 5.32 Å². The van der Waals surface area contributed by atoms with E-state index in [0.717, 1.165) is 11.3 Å². The molecule has 5 nitrogen and oxygen atoms in total. The highest BCUT2D eigenvalue weighted by atomic mass is 35.5. The van der Waals surface area contributed by atoms with E-state index in [1.165, 1.54) is 0 Å². The van der Waals surface area contributed by atoms with Gasteiger partial charge in [0.1, 0.15) is 10.7 Å². The van der Waals surface area contributed by atoms with Crippen molar-refractivity contribution in [1.82, 2.24) is 14.5 Å². The maximum atomic E-state index is 12.4. The molecule has 0 atom stereocenters. The monoisotopic (exact) mass is 350 g/mol. The Morgan fingerprint density at radius 1 is 1.12 bits per heavy atom. The van der Waals surface area contributed by atoms with Crippen LogP contribution in [0.5, 0.6) is 0 Å². The van der Waals surface area contributed by atoms with E-state index in [-0.39, 0.29) is 5.91 Å². The zero-order valence-electron chi connectivity index (χ0n) is 13.3. The van der Waals surface area contributed by atoms with Crippen molar-refractivity contribution in [3.8, 4) is 0 Å². The third-order valence-corrected chi connectivity index (χ3v) is 4.21. The molecule has 2 aromatic heterocycles. The number of hydrogen-bond acceptors (Lipinski definition) is 3. The average Bonchev–Trinajstić information content (AvgIpc) is 2.90. The molecule has 0 saturated carbocycles. The van der Waals surface area contributed by atoms with Crippen LogP contribution in [-0.2, 0) is 11.2 Å². The average molecular weight is 351 g/mol. The highest BCUT2D eigenvalue weighted by Crippen LogP contribution is 2.27. The molecule has 0 fully saturated rings. The Hall–Kier alpha value is -2.92. The number of imidazole rings is 1. The Labute approximate surface area is 149 Å². The number of nitrogens with zero attached hydrogens (tertiary/aromatic N) is 3. The van der Waals surface area contributed by atoms with Gasteiger partial charge in [-0.2, -0.15) is 0 Å². The number of rotatable bonds is 5. The largest absolute Gasteiger partial charge is 0.296 e. The lowest BCUT2D eigenvalue weighted by Gasteiger charge is -2.13. The van der Waals surface area contributed by atoms with Crippen LogP contribution in [0, 0.1) is 0 Å². The zero-order chi connectivity index (χ0) is 17.2. The molecule has 1 aromatic carbocycles. The first-order valence-electron chi connectivity index (χ1n) is 7.98. The Bertz CT molecular complexity index is 1000. The number of anilines is 1. The van der Waals surface area contributed by atoms with Crippen LogP contribution in [0.15, 0.2) is 60.7 Å². The van der Waals surface area contributed by atoms with Gasteiger partial charge in [-0.05, 0) is 36.3 Å². The normalized spacial score (nSPS) is 12.8. The molecule has 4 rings (SSSR count). The van der Waals surface area contributed by atoms with Crippen molar-refractivity contribution in [1.29, 1.82) is 0 Å². The lowest BCUT2D eigenvalue weighted by atomic mass is 10.1. The summed E-state index contributed by atoms with van der Waals surface area (Å²) in [6, 6.07) is 13.4. The van der Waals surface area contributed by atoms with Crippen molar-refractivity contribution in [2.75, 3.05) is 5.32 Å².